The highest BCUT2D eigenvalue weighted by Crippen LogP contribution is 2.42. The Labute approximate surface area is 292 Å². The maximum atomic E-state index is 15.0. The molecule has 3 aliphatic rings. The summed E-state index contributed by atoms with van der Waals surface area (Å²) in [7, 11) is 0. The second-order valence-corrected chi connectivity index (χ2v) is 14.2. The number of likely N-dealkylation sites (tertiary alicyclic amines) is 1. The number of hydrogen-bond donors (Lipinski definition) is 1. The number of thiazole rings is 1. The first kappa shape index (κ1) is 33.6. The van der Waals surface area contributed by atoms with Gasteiger partial charge < -0.3 is 20.3 Å². The third kappa shape index (κ3) is 5.29. The monoisotopic (exact) mass is 698 g/mol. The molecule has 4 atom stereocenters. The van der Waals surface area contributed by atoms with Gasteiger partial charge in [-0.05, 0) is 63.4 Å². The largest absolute Gasteiger partial charge is 0.461 e. The molecule has 1 amide bonds. The van der Waals surface area contributed by atoms with Crippen molar-refractivity contribution in [3.8, 4) is 29.4 Å². The number of alkyl halides is 1. The first-order valence-electron chi connectivity index (χ1n) is 17.0. The van der Waals surface area contributed by atoms with E-state index in [1.165, 1.54) is 18.2 Å². The molecule has 5 heterocycles. The number of nitrogens with two attached hydrogens (primary N) is 1. The molecule has 3 saturated heterocycles. The van der Waals surface area contributed by atoms with Crippen LogP contribution in [0.1, 0.15) is 51.5 Å². The lowest BCUT2D eigenvalue weighted by atomic mass is 9.95. The van der Waals surface area contributed by atoms with Crippen LogP contribution in [0.25, 0.3) is 32.2 Å². The highest BCUT2D eigenvalue weighted by Gasteiger charge is 2.49. The Kier molecular flexibility index (Phi) is 8.78. The van der Waals surface area contributed by atoms with E-state index in [1.807, 2.05) is 31.0 Å². The van der Waals surface area contributed by atoms with Gasteiger partial charge in [0.15, 0.2) is 0 Å². The number of nitriles is 2. The van der Waals surface area contributed by atoms with E-state index in [1.54, 1.807) is 6.07 Å². The van der Waals surface area contributed by atoms with Crippen LogP contribution < -0.4 is 19.9 Å². The van der Waals surface area contributed by atoms with Crippen molar-refractivity contribution in [1.29, 1.82) is 10.5 Å². The first-order chi connectivity index (χ1) is 24.2. The molecule has 0 spiro atoms. The zero-order valence-electron chi connectivity index (χ0n) is 28.0. The first-order valence-corrected chi connectivity index (χ1v) is 17.8. The number of carbonyl (C=O) groups excluding carboxylic acids is 1. The van der Waals surface area contributed by atoms with E-state index in [0.29, 0.717) is 66.7 Å². The molecule has 0 saturated carbocycles. The second-order valence-electron chi connectivity index (χ2n) is 13.2. The number of likely N-dealkylation sites (N-methyl/N-ethyl adjacent to an activating group) is 1. The molecule has 0 bridgehead atoms. The molecule has 11 nitrogen and oxygen atoms in total. The Hall–Kier alpha value is -4.92. The molecule has 7 rings (SSSR count). The van der Waals surface area contributed by atoms with E-state index in [9.17, 15) is 24.1 Å². The number of anilines is 2. The number of nitrogen functional groups attached to an aromatic ring is 1. The Morgan fingerprint density at radius 1 is 1.26 bits per heavy atom. The van der Waals surface area contributed by atoms with Gasteiger partial charge in [-0.2, -0.15) is 15.2 Å². The van der Waals surface area contributed by atoms with Gasteiger partial charge in [0.2, 0.25) is 5.91 Å². The molecule has 4 unspecified atom stereocenters. The van der Waals surface area contributed by atoms with Gasteiger partial charge in [-0.1, -0.05) is 30.9 Å². The number of rotatable bonds is 9. The summed E-state index contributed by atoms with van der Waals surface area (Å²) in [5.41, 5.74) is 7.33. The number of benzene rings is 2. The lowest BCUT2D eigenvalue weighted by Crippen LogP contribution is -2.47. The number of nitrogens with zero attached hydrogens (tertiary/aromatic N) is 8. The minimum Gasteiger partial charge on any atom is -0.461 e. The molecular formula is C36H38F2N9O2S+. The van der Waals surface area contributed by atoms with Gasteiger partial charge in [0.05, 0.1) is 28.7 Å². The fourth-order valence-corrected chi connectivity index (χ4v) is 9.39. The molecular weight excluding hydrogens is 661 g/mol. The smallest absolute Gasteiger partial charge is 0.376 e. The van der Waals surface area contributed by atoms with E-state index in [2.05, 4.69) is 22.4 Å². The van der Waals surface area contributed by atoms with Crippen LogP contribution in [-0.2, 0) is 4.79 Å². The average Bonchev–Trinajstić information content (AvgIpc) is 3.87. The molecule has 2 N–H and O–H groups in total. The van der Waals surface area contributed by atoms with E-state index in [-0.39, 0.29) is 51.5 Å². The number of halogens is 2. The van der Waals surface area contributed by atoms with Gasteiger partial charge >= 0.3 is 12.2 Å². The third-order valence-electron chi connectivity index (χ3n) is 10.7. The van der Waals surface area contributed by atoms with Crippen molar-refractivity contribution < 1.29 is 22.9 Å². The van der Waals surface area contributed by atoms with Crippen LogP contribution >= 0.6 is 11.3 Å². The third-order valence-corrected chi connectivity index (χ3v) is 11.7. The number of amides is 1. The Morgan fingerprint density at radius 3 is 2.78 bits per heavy atom. The van der Waals surface area contributed by atoms with Gasteiger partial charge in [-0.25, -0.2) is 8.78 Å². The number of fused-ring (bicyclic) bond motifs is 3. The van der Waals surface area contributed by atoms with Crippen molar-refractivity contribution in [3.05, 3.63) is 48.3 Å². The van der Waals surface area contributed by atoms with Crippen molar-refractivity contribution in [3.63, 3.8) is 0 Å². The summed E-state index contributed by atoms with van der Waals surface area (Å²) in [6.45, 7) is 10.3. The topological polar surface area (TPSA) is 139 Å². The number of hydrogen-bond acceptors (Lipinski definition) is 10. The van der Waals surface area contributed by atoms with Gasteiger partial charge in [0.25, 0.3) is 5.13 Å². The van der Waals surface area contributed by atoms with Crippen LogP contribution in [0.5, 0.6) is 6.01 Å². The quantitative estimate of drug-likeness (QED) is 0.188. The molecule has 4 aromatic rings. The summed E-state index contributed by atoms with van der Waals surface area (Å²) in [4.78, 5) is 28.8. The van der Waals surface area contributed by atoms with E-state index in [4.69, 9.17) is 20.4 Å². The fourth-order valence-electron chi connectivity index (χ4n) is 8.50. The van der Waals surface area contributed by atoms with Crippen LogP contribution in [0.4, 0.5) is 19.7 Å². The molecule has 2 aromatic heterocycles. The zero-order chi connectivity index (χ0) is 35.3. The van der Waals surface area contributed by atoms with Crippen molar-refractivity contribution in [2.24, 2.45) is 0 Å². The van der Waals surface area contributed by atoms with Crippen LogP contribution in [0.15, 0.2) is 36.9 Å². The highest BCUT2D eigenvalue weighted by molar-refractivity contribution is 7.21. The maximum absolute atomic E-state index is 15.0. The zero-order valence-corrected chi connectivity index (χ0v) is 28.8. The predicted octanol–water partition coefficient (Wildman–Crippen LogP) is 5.07. The summed E-state index contributed by atoms with van der Waals surface area (Å²) in [5.74, 6) is -0.0965. The Balaban J connectivity index is 1.41. The molecule has 2 aromatic carbocycles. The van der Waals surface area contributed by atoms with Gasteiger partial charge in [0, 0.05) is 47.8 Å². The van der Waals surface area contributed by atoms with Crippen LogP contribution in [-0.4, -0.2) is 82.3 Å². The number of aromatic nitrogens is 3. The maximum Gasteiger partial charge on any atom is 0.376 e. The van der Waals surface area contributed by atoms with E-state index in [0.717, 1.165) is 35.3 Å². The highest BCUT2D eigenvalue weighted by atomic mass is 32.1. The molecule has 0 radical (unpaired) electrons. The lowest BCUT2D eigenvalue weighted by Gasteiger charge is -2.36. The minimum absolute atomic E-state index is 0.0596. The molecule has 258 valence electrons. The van der Waals surface area contributed by atoms with Gasteiger partial charge in [-0.3, -0.25) is 9.69 Å². The molecule has 3 aliphatic heterocycles. The van der Waals surface area contributed by atoms with Crippen molar-refractivity contribution in [2.45, 2.75) is 69.7 Å². The van der Waals surface area contributed by atoms with Crippen molar-refractivity contribution in [2.75, 3.05) is 43.4 Å². The SMILES string of the molecule is C=CC(=O)N1CCC(N(CC)c2nc(OCC34CCCN3CC(F)C4)nc3c(C#N)c(-c4ccc(F)c5sc(N)[n+](C#N)c45)ccc23)C1CC. The number of carbonyl (C=O) groups is 1. The molecule has 0 aliphatic carbocycles. The Bertz CT molecular complexity index is 2110. The van der Waals surface area contributed by atoms with Crippen LogP contribution in [0.2, 0.25) is 0 Å². The predicted molar refractivity (Wildman–Crippen MR) is 187 cm³/mol. The van der Waals surface area contributed by atoms with E-state index >= 15 is 0 Å². The van der Waals surface area contributed by atoms with Gasteiger partial charge in [0.1, 0.15) is 40.7 Å². The van der Waals surface area contributed by atoms with Crippen LogP contribution in [0.3, 0.4) is 0 Å². The molecule has 3 fully saturated rings. The standard InChI is InChI=1S/C36H37F2N9O2S/c1-4-27-28(12-15-46(27)29(48)5-2)45(6-3)33-24-9-8-22(23-10-11-26(38)32-31(23)47(20-40)34(41)50-32)25(17-39)30(24)42-35(43-33)49-19-36-13-7-14-44(36)18-21(37)16-36/h5,8-11,21,27-28,41H,2,4,6-7,12-16,18-19H2,1,3H3/p+1. The Morgan fingerprint density at radius 2 is 2.06 bits per heavy atom. The summed E-state index contributed by atoms with van der Waals surface area (Å²) in [6, 6.07) is 8.63. The van der Waals surface area contributed by atoms with Crippen molar-refractivity contribution >= 4 is 49.3 Å². The van der Waals surface area contributed by atoms with Gasteiger partial charge in [-0.15, -0.1) is 4.57 Å². The molecule has 14 heteroatoms. The average molecular weight is 699 g/mol. The minimum atomic E-state index is -0.931. The number of ether oxygens (including phenoxy) is 1. The summed E-state index contributed by atoms with van der Waals surface area (Å²) in [6.07, 6.45) is 5.99. The van der Waals surface area contributed by atoms with E-state index < -0.39 is 17.5 Å². The summed E-state index contributed by atoms with van der Waals surface area (Å²) >= 11 is 0.957. The second kappa shape index (κ2) is 13.1. The normalized spacial score (nSPS) is 23.2. The fraction of sp³-hybridized carbons (Fsp3) is 0.444. The van der Waals surface area contributed by atoms with Crippen molar-refractivity contribution in [1.82, 2.24) is 19.8 Å². The van der Waals surface area contributed by atoms with Crippen LogP contribution in [0, 0.1) is 28.6 Å². The summed E-state index contributed by atoms with van der Waals surface area (Å²) in [5, 5.41) is 21.4. The lowest BCUT2D eigenvalue weighted by molar-refractivity contribution is -0.536. The summed E-state index contributed by atoms with van der Waals surface area (Å²) < 4.78 is 37.4. The molecule has 50 heavy (non-hydrogen) atoms.